The number of benzene rings is 1. The Kier molecular flexibility index (Phi) is 4.85. The Morgan fingerprint density at radius 1 is 1.33 bits per heavy atom. The van der Waals surface area contributed by atoms with Gasteiger partial charge in [-0.15, -0.1) is 0 Å². The molecule has 2 rings (SSSR count). The molecule has 6 heteroatoms. The fourth-order valence-corrected chi connectivity index (χ4v) is 2.26. The zero-order valence-electron chi connectivity index (χ0n) is 12.0. The normalized spacial score (nSPS) is 10.6. The number of carbonyl (C=O) groups is 2. The molecule has 0 atom stereocenters. The summed E-state index contributed by atoms with van der Waals surface area (Å²) in [6, 6.07) is 5.08. The summed E-state index contributed by atoms with van der Waals surface area (Å²) in [4.78, 5) is 27.3. The molecule has 0 aliphatic rings. The third kappa shape index (κ3) is 3.19. The Bertz CT molecular complexity index is 679. The van der Waals surface area contributed by atoms with Crippen LogP contribution in [-0.4, -0.2) is 30.0 Å². The number of ether oxygens (including phenoxy) is 1. The van der Waals surface area contributed by atoms with Crippen molar-refractivity contribution in [3.8, 4) is 0 Å². The molecular weight excluding hydrogens is 292 g/mol. The van der Waals surface area contributed by atoms with Crippen LogP contribution >= 0.6 is 11.6 Å². The number of rotatable bonds is 5. The summed E-state index contributed by atoms with van der Waals surface area (Å²) >= 11 is 5.95. The summed E-state index contributed by atoms with van der Waals surface area (Å²) in [7, 11) is 0. The van der Waals surface area contributed by atoms with Crippen LogP contribution in [0, 0.1) is 0 Å². The van der Waals surface area contributed by atoms with E-state index >= 15 is 0 Å². The van der Waals surface area contributed by atoms with E-state index in [1.165, 1.54) is 0 Å². The summed E-state index contributed by atoms with van der Waals surface area (Å²) in [6.07, 6.45) is 0.814. The smallest absolute Gasteiger partial charge is 0.355 e. The average Bonchev–Trinajstić information content (AvgIpc) is 2.83. The van der Waals surface area contributed by atoms with Crippen molar-refractivity contribution in [2.45, 2.75) is 20.3 Å². The third-order valence-electron chi connectivity index (χ3n) is 3.00. The van der Waals surface area contributed by atoms with Gasteiger partial charge in [0, 0.05) is 22.5 Å². The number of aromatic amines is 1. The molecule has 0 spiro atoms. The largest absolute Gasteiger partial charge is 0.461 e. The van der Waals surface area contributed by atoms with Gasteiger partial charge in [-0.05, 0) is 25.5 Å². The molecule has 0 saturated carbocycles. The zero-order valence-corrected chi connectivity index (χ0v) is 12.7. The summed E-state index contributed by atoms with van der Waals surface area (Å²) in [5.41, 5.74) is 1.09. The minimum Gasteiger partial charge on any atom is -0.461 e. The van der Waals surface area contributed by atoms with Gasteiger partial charge in [0.1, 0.15) is 5.69 Å². The van der Waals surface area contributed by atoms with Gasteiger partial charge in [-0.2, -0.15) is 0 Å². The molecule has 1 heterocycles. The summed E-state index contributed by atoms with van der Waals surface area (Å²) < 4.78 is 5.00. The maximum atomic E-state index is 12.3. The van der Waals surface area contributed by atoms with Gasteiger partial charge in [0.15, 0.2) is 0 Å². The van der Waals surface area contributed by atoms with E-state index in [4.69, 9.17) is 16.3 Å². The number of aromatic nitrogens is 1. The van der Waals surface area contributed by atoms with Gasteiger partial charge < -0.3 is 15.0 Å². The Balaban J connectivity index is 2.54. The van der Waals surface area contributed by atoms with Gasteiger partial charge in [-0.1, -0.05) is 24.6 Å². The molecule has 0 saturated heterocycles. The molecule has 1 amide bonds. The van der Waals surface area contributed by atoms with Gasteiger partial charge in [-0.3, -0.25) is 4.79 Å². The second-order valence-electron chi connectivity index (χ2n) is 4.54. The van der Waals surface area contributed by atoms with Crippen LogP contribution in [0.1, 0.15) is 41.1 Å². The number of carbonyl (C=O) groups excluding carboxylic acids is 2. The van der Waals surface area contributed by atoms with Gasteiger partial charge in [0.25, 0.3) is 5.91 Å². The first-order chi connectivity index (χ1) is 10.1. The lowest BCUT2D eigenvalue weighted by molar-refractivity contribution is 0.0517. The van der Waals surface area contributed by atoms with E-state index in [2.05, 4.69) is 10.3 Å². The molecule has 2 aromatic rings. The second kappa shape index (κ2) is 6.63. The Morgan fingerprint density at radius 3 is 2.76 bits per heavy atom. The minimum absolute atomic E-state index is 0.155. The highest BCUT2D eigenvalue weighted by Crippen LogP contribution is 2.26. The molecule has 5 nitrogen and oxygen atoms in total. The Hall–Kier alpha value is -2.01. The Morgan fingerprint density at radius 2 is 2.10 bits per heavy atom. The maximum Gasteiger partial charge on any atom is 0.355 e. The van der Waals surface area contributed by atoms with Crippen molar-refractivity contribution in [3.63, 3.8) is 0 Å². The highest BCUT2D eigenvalue weighted by molar-refractivity contribution is 6.31. The summed E-state index contributed by atoms with van der Waals surface area (Å²) in [5, 5.41) is 3.96. The molecule has 0 bridgehead atoms. The molecule has 21 heavy (non-hydrogen) atoms. The Labute approximate surface area is 127 Å². The van der Waals surface area contributed by atoms with Crippen molar-refractivity contribution in [3.05, 3.63) is 34.5 Å². The first-order valence-corrected chi connectivity index (χ1v) is 7.22. The molecule has 1 aromatic carbocycles. The average molecular weight is 309 g/mol. The van der Waals surface area contributed by atoms with Crippen LogP contribution < -0.4 is 5.32 Å². The summed E-state index contributed by atoms with van der Waals surface area (Å²) in [6.45, 7) is 4.46. The first-order valence-electron chi connectivity index (χ1n) is 6.85. The van der Waals surface area contributed by atoms with Crippen LogP contribution in [0.4, 0.5) is 0 Å². The monoisotopic (exact) mass is 308 g/mol. The number of hydrogen-bond acceptors (Lipinski definition) is 3. The van der Waals surface area contributed by atoms with Crippen molar-refractivity contribution < 1.29 is 14.3 Å². The SMILES string of the molecule is CCCNC(=O)c1c(C(=O)OCC)[nH]c2cc(Cl)ccc12. The van der Waals surface area contributed by atoms with E-state index in [1.807, 2.05) is 6.92 Å². The molecule has 112 valence electrons. The lowest BCUT2D eigenvalue weighted by Gasteiger charge is -2.05. The maximum absolute atomic E-state index is 12.3. The van der Waals surface area contributed by atoms with E-state index in [9.17, 15) is 9.59 Å². The van der Waals surface area contributed by atoms with Crippen molar-refractivity contribution in [2.75, 3.05) is 13.2 Å². The van der Waals surface area contributed by atoms with Gasteiger partial charge in [0.2, 0.25) is 0 Å². The van der Waals surface area contributed by atoms with Crippen LogP contribution in [-0.2, 0) is 4.74 Å². The van der Waals surface area contributed by atoms with Gasteiger partial charge in [0.05, 0.1) is 12.2 Å². The molecule has 0 aliphatic heterocycles. The molecule has 0 fully saturated rings. The topological polar surface area (TPSA) is 71.2 Å². The molecule has 1 aromatic heterocycles. The van der Waals surface area contributed by atoms with Crippen LogP contribution in [0.3, 0.4) is 0 Å². The standard InChI is InChI=1S/C15H17ClN2O3/c1-3-7-17-14(19)12-10-6-5-9(16)8-11(10)18-13(12)15(20)21-4-2/h5-6,8,18H,3-4,7H2,1-2H3,(H,17,19). The van der Waals surface area contributed by atoms with Crippen molar-refractivity contribution in [1.82, 2.24) is 10.3 Å². The number of amides is 1. The number of hydrogen-bond donors (Lipinski definition) is 2. The molecule has 2 N–H and O–H groups in total. The minimum atomic E-state index is -0.550. The van der Waals surface area contributed by atoms with E-state index in [-0.39, 0.29) is 18.2 Å². The van der Waals surface area contributed by atoms with Crippen LogP contribution in [0.15, 0.2) is 18.2 Å². The highest BCUT2D eigenvalue weighted by atomic mass is 35.5. The number of H-pyrrole nitrogens is 1. The van der Waals surface area contributed by atoms with E-state index in [0.717, 1.165) is 6.42 Å². The van der Waals surface area contributed by atoms with E-state index < -0.39 is 5.97 Å². The van der Waals surface area contributed by atoms with Crippen LogP contribution in [0.5, 0.6) is 0 Å². The summed E-state index contributed by atoms with van der Waals surface area (Å²) in [5.74, 6) is -0.847. The number of nitrogens with one attached hydrogen (secondary N) is 2. The quantitative estimate of drug-likeness (QED) is 0.834. The fourth-order valence-electron chi connectivity index (χ4n) is 2.09. The lowest BCUT2D eigenvalue weighted by atomic mass is 10.1. The number of halogens is 1. The predicted octanol–water partition coefficient (Wildman–Crippen LogP) is 3.14. The van der Waals surface area contributed by atoms with Crippen LogP contribution in [0.25, 0.3) is 10.9 Å². The van der Waals surface area contributed by atoms with Crippen molar-refractivity contribution in [2.24, 2.45) is 0 Å². The van der Waals surface area contributed by atoms with Crippen molar-refractivity contribution in [1.29, 1.82) is 0 Å². The molecule has 0 unspecified atom stereocenters. The predicted molar refractivity (Wildman–Crippen MR) is 81.9 cm³/mol. The second-order valence-corrected chi connectivity index (χ2v) is 4.98. The molecule has 0 radical (unpaired) electrons. The van der Waals surface area contributed by atoms with Gasteiger partial charge >= 0.3 is 5.97 Å². The van der Waals surface area contributed by atoms with Crippen LogP contribution in [0.2, 0.25) is 5.02 Å². The fraction of sp³-hybridized carbons (Fsp3) is 0.333. The molecular formula is C15H17ClN2O3. The van der Waals surface area contributed by atoms with Gasteiger partial charge in [-0.25, -0.2) is 4.79 Å². The highest BCUT2D eigenvalue weighted by Gasteiger charge is 2.23. The number of fused-ring (bicyclic) bond motifs is 1. The number of esters is 1. The first kappa shape index (κ1) is 15.4. The lowest BCUT2D eigenvalue weighted by Crippen LogP contribution is -2.26. The van der Waals surface area contributed by atoms with Crippen molar-refractivity contribution >= 4 is 34.4 Å². The van der Waals surface area contributed by atoms with E-state index in [1.54, 1.807) is 25.1 Å². The van der Waals surface area contributed by atoms with E-state index in [0.29, 0.717) is 28.0 Å². The zero-order chi connectivity index (χ0) is 15.4. The molecule has 0 aliphatic carbocycles. The third-order valence-corrected chi connectivity index (χ3v) is 3.24.